The Labute approximate surface area is 113 Å². The molecule has 0 aliphatic heterocycles. The number of hydrogen-bond donors (Lipinski definition) is 3. The van der Waals surface area contributed by atoms with Crippen molar-refractivity contribution in [2.45, 2.75) is 12.3 Å². The van der Waals surface area contributed by atoms with Crippen molar-refractivity contribution in [2.75, 3.05) is 5.73 Å². The average molecular weight is 283 g/mol. The van der Waals surface area contributed by atoms with Gasteiger partial charge in [0, 0.05) is 17.3 Å². The summed E-state index contributed by atoms with van der Waals surface area (Å²) >= 11 is 0. The maximum absolute atomic E-state index is 12.6. The fourth-order valence-electron chi connectivity index (χ4n) is 1.88. The van der Waals surface area contributed by atoms with Crippen LogP contribution in [0.4, 0.5) is 18.9 Å². The van der Waals surface area contributed by atoms with Crippen molar-refractivity contribution in [3.05, 3.63) is 59.2 Å². The normalized spacial score (nSPS) is 13.2. The molecule has 0 spiro atoms. The van der Waals surface area contributed by atoms with Crippen molar-refractivity contribution < 1.29 is 23.4 Å². The summed E-state index contributed by atoms with van der Waals surface area (Å²) in [4.78, 5) is 0. The molecule has 0 amide bonds. The monoisotopic (exact) mass is 283 g/mol. The van der Waals surface area contributed by atoms with E-state index in [9.17, 15) is 23.4 Å². The highest BCUT2D eigenvalue weighted by Crippen LogP contribution is 2.33. The summed E-state index contributed by atoms with van der Waals surface area (Å²) in [5.74, 6) is -0.0810. The number of anilines is 1. The second-order valence-corrected chi connectivity index (χ2v) is 4.34. The van der Waals surface area contributed by atoms with Gasteiger partial charge < -0.3 is 15.9 Å². The highest BCUT2D eigenvalue weighted by Gasteiger charge is 2.31. The van der Waals surface area contributed by atoms with Gasteiger partial charge in [0.25, 0.3) is 0 Å². The quantitative estimate of drug-likeness (QED) is 0.742. The standard InChI is InChI=1S/C14H12F3NO2/c15-14(16,17)9-3-1-2-8(6-9)13(20)11-5-4-10(19)7-12(11)18/h1-7,13,19-20H,18H2. The molecule has 6 heteroatoms. The van der Waals surface area contributed by atoms with Crippen molar-refractivity contribution in [3.8, 4) is 5.75 Å². The number of alkyl halides is 3. The Hall–Kier alpha value is -2.21. The number of hydrogen-bond acceptors (Lipinski definition) is 3. The molecule has 2 aromatic rings. The Morgan fingerprint density at radius 3 is 2.35 bits per heavy atom. The number of phenols is 1. The number of rotatable bonds is 2. The van der Waals surface area contributed by atoms with Gasteiger partial charge in [0.15, 0.2) is 0 Å². The minimum absolute atomic E-state index is 0.0808. The molecule has 4 N–H and O–H groups in total. The van der Waals surface area contributed by atoms with E-state index in [4.69, 9.17) is 5.73 Å². The molecule has 0 aliphatic rings. The van der Waals surface area contributed by atoms with Crippen molar-refractivity contribution in [1.82, 2.24) is 0 Å². The Morgan fingerprint density at radius 1 is 1.05 bits per heavy atom. The van der Waals surface area contributed by atoms with E-state index in [1.807, 2.05) is 0 Å². The van der Waals surface area contributed by atoms with E-state index in [0.29, 0.717) is 0 Å². The highest BCUT2D eigenvalue weighted by molar-refractivity contribution is 5.54. The lowest BCUT2D eigenvalue weighted by molar-refractivity contribution is -0.137. The van der Waals surface area contributed by atoms with Crippen molar-refractivity contribution in [3.63, 3.8) is 0 Å². The first-order valence-corrected chi connectivity index (χ1v) is 5.72. The molecule has 2 rings (SSSR count). The van der Waals surface area contributed by atoms with E-state index in [2.05, 4.69) is 0 Å². The van der Waals surface area contributed by atoms with E-state index in [1.165, 1.54) is 30.3 Å². The van der Waals surface area contributed by atoms with Crippen LogP contribution in [-0.4, -0.2) is 10.2 Å². The lowest BCUT2D eigenvalue weighted by Gasteiger charge is -2.16. The van der Waals surface area contributed by atoms with Crippen LogP contribution in [-0.2, 0) is 6.18 Å². The van der Waals surface area contributed by atoms with Crippen LogP contribution in [0.3, 0.4) is 0 Å². The van der Waals surface area contributed by atoms with Gasteiger partial charge in [-0.05, 0) is 23.8 Å². The fourth-order valence-corrected chi connectivity index (χ4v) is 1.88. The Bertz CT molecular complexity index is 626. The molecular weight excluding hydrogens is 271 g/mol. The summed E-state index contributed by atoms with van der Waals surface area (Å²) in [7, 11) is 0. The third-order valence-corrected chi connectivity index (χ3v) is 2.89. The number of phenolic OH excluding ortho intramolecular Hbond substituents is 1. The molecule has 20 heavy (non-hydrogen) atoms. The molecule has 0 radical (unpaired) electrons. The van der Waals surface area contributed by atoms with Gasteiger partial charge >= 0.3 is 6.18 Å². The zero-order chi connectivity index (χ0) is 14.9. The zero-order valence-electron chi connectivity index (χ0n) is 10.2. The third-order valence-electron chi connectivity index (χ3n) is 2.89. The van der Waals surface area contributed by atoms with Crippen molar-refractivity contribution in [1.29, 1.82) is 0 Å². The fraction of sp³-hybridized carbons (Fsp3) is 0.143. The SMILES string of the molecule is Nc1cc(O)ccc1C(O)c1cccc(C(F)(F)F)c1. The van der Waals surface area contributed by atoms with Gasteiger partial charge in [-0.15, -0.1) is 0 Å². The number of aromatic hydroxyl groups is 1. The summed E-state index contributed by atoms with van der Waals surface area (Å²) in [6.45, 7) is 0. The van der Waals surface area contributed by atoms with E-state index in [0.717, 1.165) is 12.1 Å². The molecule has 3 nitrogen and oxygen atoms in total. The molecule has 0 saturated heterocycles. The number of benzene rings is 2. The lowest BCUT2D eigenvalue weighted by atomic mass is 9.98. The van der Waals surface area contributed by atoms with Gasteiger partial charge in [0.05, 0.1) is 5.56 Å². The van der Waals surface area contributed by atoms with Gasteiger partial charge in [-0.2, -0.15) is 13.2 Å². The van der Waals surface area contributed by atoms with E-state index >= 15 is 0 Å². The van der Waals surface area contributed by atoms with Crippen LogP contribution in [0.5, 0.6) is 5.75 Å². The second-order valence-electron chi connectivity index (χ2n) is 4.34. The van der Waals surface area contributed by atoms with Crippen LogP contribution in [0.25, 0.3) is 0 Å². The van der Waals surface area contributed by atoms with Crippen LogP contribution >= 0.6 is 0 Å². The topological polar surface area (TPSA) is 66.5 Å². The maximum atomic E-state index is 12.6. The van der Waals surface area contributed by atoms with Crippen LogP contribution < -0.4 is 5.73 Å². The second kappa shape index (κ2) is 5.05. The van der Waals surface area contributed by atoms with Gasteiger partial charge in [-0.25, -0.2) is 0 Å². The van der Waals surface area contributed by atoms with Gasteiger partial charge in [0.2, 0.25) is 0 Å². The first kappa shape index (κ1) is 14.2. The van der Waals surface area contributed by atoms with Gasteiger partial charge in [-0.3, -0.25) is 0 Å². The minimum atomic E-state index is -4.48. The van der Waals surface area contributed by atoms with Crippen LogP contribution in [0.2, 0.25) is 0 Å². The van der Waals surface area contributed by atoms with E-state index < -0.39 is 17.8 Å². The Morgan fingerprint density at radius 2 is 1.75 bits per heavy atom. The molecular formula is C14H12F3NO2. The number of aliphatic hydroxyl groups is 1. The molecule has 0 heterocycles. The summed E-state index contributed by atoms with van der Waals surface area (Å²) in [6, 6.07) is 8.31. The molecule has 1 unspecified atom stereocenters. The number of nitrogens with two attached hydrogens (primary N) is 1. The molecule has 0 aliphatic carbocycles. The molecule has 1 atom stereocenters. The molecule has 0 bridgehead atoms. The van der Waals surface area contributed by atoms with Crippen LogP contribution in [0, 0.1) is 0 Å². The molecule has 0 fully saturated rings. The third kappa shape index (κ3) is 2.85. The largest absolute Gasteiger partial charge is 0.508 e. The van der Waals surface area contributed by atoms with Gasteiger partial charge in [0.1, 0.15) is 11.9 Å². The lowest BCUT2D eigenvalue weighted by Crippen LogP contribution is -2.08. The number of halogens is 3. The summed E-state index contributed by atoms with van der Waals surface area (Å²) in [5, 5.41) is 19.4. The minimum Gasteiger partial charge on any atom is -0.508 e. The van der Waals surface area contributed by atoms with Gasteiger partial charge in [-0.1, -0.05) is 18.2 Å². The zero-order valence-corrected chi connectivity index (χ0v) is 10.2. The predicted molar refractivity (Wildman–Crippen MR) is 68.0 cm³/mol. The van der Waals surface area contributed by atoms with Crippen molar-refractivity contribution in [2.24, 2.45) is 0 Å². The van der Waals surface area contributed by atoms with Crippen LogP contribution in [0.15, 0.2) is 42.5 Å². The van der Waals surface area contributed by atoms with Crippen LogP contribution in [0.1, 0.15) is 22.8 Å². The average Bonchev–Trinajstić information content (AvgIpc) is 2.37. The van der Waals surface area contributed by atoms with E-state index in [1.54, 1.807) is 0 Å². The number of aliphatic hydroxyl groups excluding tert-OH is 1. The molecule has 0 aromatic heterocycles. The molecule has 2 aromatic carbocycles. The summed E-state index contributed by atoms with van der Waals surface area (Å²) in [5.41, 5.74) is 5.23. The number of nitrogen functional groups attached to an aromatic ring is 1. The molecule has 0 saturated carbocycles. The summed E-state index contributed by atoms with van der Waals surface area (Å²) < 4.78 is 37.9. The molecule has 106 valence electrons. The maximum Gasteiger partial charge on any atom is 0.416 e. The smallest absolute Gasteiger partial charge is 0.416 e. The first-order valence-electron chi connectivity index (χ1n) is 5.72. The highest BCUT2D eigenvalue weighted by atomic mass is 19.4. The first-order chi connectivity index (χ1) is 9.29. The Balaban J connectivity index is 2.41. The van der Waals surface area contributed by atoms with E-state index in [-0.39, 0.29) is 22.6 Å². The Kier molecular flexibility index (Phi) is 3.59. The summed E-state index contributed by atoms with van der Waals surface area (Å²) in [6.07, 6.45) is -5.77. The predicted octanol–water partition coefficient (Wildman–Crippen LogP) is 3.07. The van der Waals surface area contributed by atoms with Crippen molar-refractivity contribution >= 4 is 5.69 Å².